The zero-order valence-electron chi connectivity index (χ0n) is 57.2. The topological polar surface area (TPSA) is 74.2 Å². The zero-order chi connectivity index (χ0) is 63.7. The molecule has 0 spiro atoms. The fourth-order valence-corrected chi connectivity index (χ4v) is 12.2. The van der Waals surface area contributed by atoms with Gasteiger partial charge in [0.2, 0.25) is 0 Å². The number of unbranched alkanes of at least 4 members (excludes halogenated alkanes) is 24. The molecule has 5 aromatic carbocycles. The summed E-state index contributed by atoms with van der Waals surface area (Å²) in [5, 5.41) is 9.40. The summed E-state index contributed by atoms with van der Waals surface area (Å²) in [5.74, 6) is 2.35. The fourth-order valence-electron chi connectivity index (χ4n) is 12.2. The van der Waals surface area contributed by atoms with Crippen LogP contribution in [0.25, 0.3) is 48.6 Å². The monoisotopic (exact) mass is 1210 g/mol. The number of carboxylic acids is 1. The van der Waals surface area contributed by atoms with E-state index in [9.17, 15) is 9.90 Å². The van der Waals surface area contributed by atoms with Gasteiger partial charge in [-0.1, -0.05) is 268 Å². The normalized spacial score (nSPS) is 12.1. The second-order valence-electron chi connectivity index (χ2n) is 25.3. The van der Waals surface area contributed by atoms with Gasteiger partial charge in [0.15, 0.2) is 0 Å². The first kappa shape index (κ1) is 73.5. The highest BCUT2D eigenvalue weighted by Gasteiger charge is 2.15. The number of carboxylic acid groups (broad SMARTS) is 1. The van der Waals surface area contributed by atoms with Crippen molar-refractivity contribution in [3.63, 3.8) is 0 Å². The van der Waals surface area contributed by atoms with E-state index in [1.165, 1.54) is 205 Å². The molecule has 6 heteroatoms. The van der Waals surface area contributed by atoms with Gasteiger partial charge in [0, 0.05) is 16.7 Å². The highest BCUT2D eigenvalue weighted by molar-refractivity contribution is 5.82. The van der Waals surface area contributed by atoms with Crippen molar-refractivity contribution in [3.05, 3.63) is 151 Å². The zero-order valence-corrected chi connectivity index (χ0v) is 57.2. The minimum Gasteiger partial charge on any atom is -0.497 e. The van der Waals surface area contributed by atoms with Crippen LogP contribution in [0.15, 0.2) is 78.9 Å². The molecule has 89 heavy (non-hydrogen) atoms. The van der Waals surface area contributed by atoms with Crippen LogP contribution in [0.1, 0.15) is 293 Å². The van der Waals surface area contributed by atoms with Crippen molar-refractivity contribution in [1.82, 2.24) is 0 Å². The van der Waals surface area contributed by atoms with Gasteiger partial charge in [-0.05, 0) is 168 Å². The van der Waals surface area contributed by atoms with Gasteiger partial charge >= 0.3 is 5.97 Å². The first-order valence-corrected chi connectivity index (χ1v) is 35.4. The molecule has 0 aliphatic carbocycles. The highest BCUT2D eigenvalue weighted by Crippen LogP contribution is 2.35. The van der Waals surface area contributed by atoms with Crippen LogP contribution in [0.5, 0.6) is 23.0 Å². The number of carbonyl (C=O) groups is 1. The van der Waals surface area contributed by atoms with Crippen LogP contribution in [0.2, 0.25) is 0 Å². The van der Waals surface area contributed by atoms with E-state index < -0.39 is 5.97 Å². The Bertz CT molecular complexity index is 2900. The van der Waals surface area contributed by atoms with Crippen molar-refractivity contribution in [2.24, 2.45) is 5.92 Å². The molecule has 1 unspecified atom stereocenters. The molecular weight excluding hydrogens is 1090 g/mol. The molecule has 0 radical (unpaired) electrons. The summed E-state index contributed by atoms with van der Waals surface area (Å²) in [6, 6.07) is 28.9. The lowest BCUT2D eigenvalue weighted by Crippen LogP contribution is -2.10. The quantitative estimate of drug-likeness (QED) is 0.0309. The van der Waals surface area contributed by atoms with Gasteiger partial charge in [-0.25, -0.2) is 0 Å². The molecule has 0 heterocycles. The number of benzene rings is 5. The van der Waals surface area contributed by atoms with E-state index in [1.807, 2.05) is 0 Å². The smallest absolute Gasteiger partial charge is 0.306 e. The van der Waals surface area contributed by atoms with Gasteiger partial charge in [-0.15, -0.1) is 0 Å². The molecule has 0 saturated heterocycles. The molecule has 5 rings (SSSR count). The van der Waals surface area contributed by atoms with E-state index in [0.717, 1.165) is 102 Å². The average molecular weight is 1210 g/mol. The van der Waals surface area contributed by atoms with Gasteiger partial charge in [-0.2, -0.15) is 0 Å². The summed E-state index contributed by atoms with van der Waals surface area (Å²) in [6.45, 7) is 10.9. The van der Waals surface area contributed by atoms with Crippen LogP contribution in [0, 0.1) is 5.92 Å². The Kier molecular flexibility index (Phi) is 36.5. The second-order valence-corrected chi connectivity index (χ2v) is 25.3. The molecule has 0 aliphatic heterocycles. The van der Waals surface area contributed by atoms with Crippen molar-refractivity contribution in [3.8, 4) is 23.0 Å². The number of hydrogen-bond donors (Lipinski definition) is 1. The SMILES string of the molecule is CCCCCCCCCc1ccc(OC)cc1/C=C/c1cc(CCCCCCCCC)c(/C=C/c2cc(CCCCCCCCC)c(/C=C/c3cc(CCCCCCCCC)c(/C=C/c4ccc(CCC(C)C(=O)O)cc4)cc3OC)cc2OC)cc1OC. The minimum atomic E-state index is -0.740. The van der Waals surface area contributed by atoms with Gasteiger partial charge in [0.25, 0.3) is 0 Å². The Morgan fingerprint density at radius 1 is 0.348 bits per heavy atom. The van der Waals surface area contributed by atoms with Crippen molar-refractivity contribution >= 4 is 54.6 Å². The molecule has 1 atom stereocenters. The lowest BCUT2D eigenvalue weighted by atomic mass is 9.93. The number of hydrogen-bond acceptors (Lipinski definition) is 5. The fraction of sp³-hybridized carbons (Fsp3) is 0.530. The molecule has 0 aliphatic rings. The summed E-state index contributed by atoms with van der Waals surface area (Å²) < 4.78 is 24.5. The number of aryl methyl sites for hydroxylation is 5. The van der Waals surface area contributed by atoms with Crippen molar-refractivity contribution < 1.29 is 28.8 Å². The molecule has 0 amide bonds. The predicted molar refractivity (Wildman–Crippen MR) is 386 cm³/mol. The van der Waals surface area contributed by atoms with Gasteiger partial charge < -0.3 is 24.1 Å². The van der Waals surface area contributed by atoms with Crippen LogP contribution >= 0.6 is 0 Å². The van der Waals surface area contributed by atoms with E-state index >= 15 is 0 Å². The molecule has 486 valence electrons. The molecule has 0 aromatic heterocycles. The molecule has 5 aromatic rings. The van der Waals surface area contributed by atoms with E-state index in [0.29, 0.717) is 6.42 Å². The predicted octanol–water partition coefficient (Wildman–Crippen LogP) is 24.2. The number of rotatable bonds is 48. The third kappa shape index (κ3) is 27.4. The van der Waals surface area contributed by atoms with Gasteiger partial charge in [0.05, 0.1) is 34.4 Å². The van der Waals surface area contributed by atoms with Gasteiger partial charge in [0.1, 0.15) is 23.0 Å². The number of ether oxygens (including phenoxy) is 4. The third-order valence-corrected chi connectivity index (χ3v) is 18.1. The van der Waals surface area contributed by atoms with E-state index in [2.05, 4.69) is 155 Å². The molecule has 1 N–H and O–H groups in total. The Hall–Kier alpha value is -6.27. The first-order valence-electron chi connectivity index (χ1n) is 35.4. The largest absolute Gasteiger partial charge is 0.497 e. The molecular formula is C83H118O6. The molecule has 0 bridgehead atoms. The summed E-state index contributed by atoms with van der Waals surface area (Å²) in [4.78, 5) is 11.4. The Morgan fingerprint density at radius 2 is 0.663 bits per heavy atom. The van der Waals surface area contributed by atoms with Crippen molar-refractivity contribution in [2.75, 3.05) is 28.4 Å². The van der Waals surface area contributed by atoms with Crippen molar-refractivity contribution in [1.29, 1.82) is 0 Å². The average Bonchev–Trinajstić information content (AvgIpc) is 1.84. The maximum Gasteiger partial charge on any atom is 0.306 e. The van der Waals surface area contributed by atoms with E-state index in [-0.39, 0.29) is 5.92 Å². The standard InChI is InChI=1S/C83H118O6/c1-10-14-18-22-26-30-34-38-68-56-57-79(86-6)61-72(68)50-53-76-59-70(40-36-32-28-24-20-16-12-3)74(63-81(76)88-8)52-55-78-60-71(41-37-33-29-25-21-17-13-4)75(64-82(78)89-9)51-54-77-58-69(39-35-31-27-23-19-15-11-2)73(62-80(77)87-7)49-48-67-46-44-66(45-47-67)43-42-65(5)83(84)85/h44-65H,10-43H2,1-9H3,(H,84,85)/b49-48+,53-50+,54-51+,55-52+. The summed E-state index contributed by atoms with van der Waals surface area (Å²) in [5.41, 5.74) is 15.6. The second kappa shape index (κ2) is 44.2. The van der Waals surface area contributed by atoms with E-state index in [1.54, 1.807) is 35.4 Å². The summed E-state index contributed by atoms with van der Waals surface area (Å²) in [7, 11) is 7.15. The Labute approximate surface area is 542 Å². The minimum absolute atomic E-state index is 0.358. The lowest BCUT2D eigenvalue weighted by molar-refractivity contribution is -0.141. The lowest BCUT2D eigenvalue weighted by Gasteiger charge is -2.15. The Balaban J connectivity index is 1.51. The Morgan fingerprint density at radius 3 is 1.00 bits per heavy atom. The maximum atomic E-state index is 11.4. The summed E-state index contributed by atoms with van der Waals surface area (Å²) >= 11 is 0. The van der Waals surface area contributed by atoms with Crippen LogP contribution in [0.4, 0.5) is 0 Å². The van der Waals surface area contributed by atoms with E-state index in [4.69, 9.17) is 18.9 Å². The highest BCUT2D eigenvalue weighted by atomic mass is 16.5. The van der Waals surface area contributed by atoms with Crippen LogP contribution in [-0.2, 0) is 36.9 Å². The molecule has 0 fully saturated rings. The molecule has 0 saturated carbocycles. The first-order chi connectivity index (χ1) is 43.6. The third-order valence-electron chi connectivity index (χ3n) is 18.1. The maximum absolute atomic E-state index is 11.4. The number of methoxy groups -OCH3 is 4. The van der Waals surface area contributed by atoms with Crippen LogP contribution < -0.4 is 18.9 Å². The summed E-state index contributed by atoms with van der Waals surface area (Å²) in [6.07, 6.45) is 59.0. The molecule has 6 nitrogen and oxygen atoms in total. The van der Waals surface area contributed by atoms with Crippen LogP contribution in [0.3, 0.4) is 0 Å². The van der Waals surface area contributed by atoms with Gasteiger partial charge in [-0.3, -0.25) is 4.79 Å². The van der Waals surface area contributed by atoms with Crippen LogP contribution in [-0.4, -0.2) is 39.5 Å². The number of aliphatic carboxylic acids is 1. The van der Waals surface area contributed by atoms with Crippen molar-refractivity contribution in [2.45, 2.75) is 253 Å².